The molecule has 5 nitrogen and oxygen atoms in total. The molecule has 21 heavy (non-hydrogen) atoms. The molecular formula is C16H20N4O. The summed E-state index contributed by atoms with van der Waals surface area (Å²) in [6, 6.07) is 5.96. The molecule has 0 saturated carbocycles. The van der Waals surface area contributed by atoms with Crippen LogP contribution < -0.4 is 5.73 Å². The van der Waals surface area contributed by atoms with Crippen molar-refractivity contribution < 1.29 is 4.79 Å². The smallest absolute Gasteiger partial charge is 0.257 e. The summed E-state index contributed by atoms with van der Waals surface area (Å²) in [6.45, 7) is 5.11. The lowest BCUT2D eigenvalue weighted by Crippen LogP contribution is -2.36. The number of rotatable bonds is 1. The quantitative estimate of drug-likeness (QED) is 0.812. The Labute approximate surface area is 124 Å². The fourth-order valence-corrected chi connectivity index (χ4v) is 3.02. The van der Waals surface area contributed by atoms with E-state index in [-0.39, 0.29) is 5.91 Å². The van der Waals surface area contributed by atoms with Gasteiger partial charge in [0.2, 0.25) is 0 Å². The van der Waals surface area contributed by atoms with Gasteiger partial charge in [0, 0.05) is 31.5 Å². The number of hydrogen-bond acceptors (Lipinski definition) is 3. The zero-order chi connectivity index (χ0) is 15.1. The minimum atomic E-state index is 0.0482. The maximum absolute atomic E-state index is 12.8. The summed E-state index contributed by atoms with van der Waals surface area (Å²) in [7, 11) is 1.86. The molecule has 1 aromatic carbocycles. The monoisotopic (exact) mass is 284 g/mol. The minimum absolute atomic E-state index is 0.0482. The van der Waals surface area contributed by atoms with Crippen LogP contribution in [0.25, 0.3) is 0 Å². The molecule has 0 fully saturated rings. The number of anilines is 1. The normalized spacial score (nSPS) is 14.1. The average Bonchev–Trinajstić information content (AvgIpc) is 2.71. The van der Waals surface area contributed by atoms with Crippen molar-refractivity contribution >= 4 is 11.6 Å². The third kappa shape index (κ3) is 2.18. The molecule has 5 heteroatoms. The zero-order valence-corrected chi connectivity index (χ0v) is 12.7. The molecule has 0 aliphatic carbocycles. The maximum atomic E-state index is 12.8. The van der Waals surface area contributed by atoms with Crippen molar-refractivity contribution in [1.82, 2.24) is 14.7 Å². The second-order valence-corrected chi connectivity index (χ2v) is 5.63. The standard InChI is InChI=1S/C16H20N4O/c1-10-15(11(2)19(3)18-10)16(21)20-8-7-12-5-4-6-14(17)13(12)9-20/h4-6H,7-9,17H2,1-3H3. The average molecular weight is 284 g/mol. The lowest BCUT2D eigenvalue weighted by Gasteiger charge is -2.29. The fourth-order valence-electron chi connectivity index (χ4n) is 3.02. The highest BCUT2D eigenvalue weighted by Gasteiger charge is 2.26. The van der Waals surface area contributed by atoms with Crippen LogP contribution in [0.2, 0.25) is 0 Å². The van der Waals surface area contributed by atoms with E-state index < -0.39 is 0 Å². The Bertz CT molecular complexity index is 717. The number of nitrogen functional groups attached to an aromatic ring is 1. The van der Waals surface area contributed by atoms with Gasteiger partial charge in [-0.25, -0.2) is 0 Å². The summed E-state index contributed by atoms with van der Waals surface area (Å²) in [5.41, 5.74) is 11.6. The molecule has 0 unspecified atom stereocenters. The van der Waals surface area contributed by atoms with Gasteiger partial charge in [-0.05, 0) is 37.5 Å². The van der Waals surface area contributed by atoms with Crippen molar-refractivity contribution in [2.75, 3.05) is 12.3 Å². The first-order valence-electron chi connectivity index (χ1n) is 7.14. The van der Waals surface area contributed by atoms with E-state index in [4.69, 9.17) is 5.73 Å². The van der Waals surface area contributed by atoms with Crippen molar-refractivity contribution in [3.8, 4) is 0 Å². The first kappa shape index (κ1) is 13.7. The largest absolute Gasteiger partial charge is 0.398 e. The molecule has 0 saturated heterocycles. The molecule has 1 amide bonds. The predicted molar refractivity (Wildman–Crippen MR) is 82.0 cm³/mol. The van der Waals surface area contributed by atoms with Crippen molar-refractivity contribution in [1.29, 1.82) is 0 Å². The zero-order valence-electron chi connectivity index (χ0n) is 12.7. The number of nitrogens with zero attached hydrogens (tertiary/aromatic N) is 3. The summed E-state index contributed by atoms with van der Waals surface area (Å²) < 4.78 is 1.76. The van der Waals surface area contributed by atoms with Gasteiger partial charge in [-0.3, -0.25) is 9.48 Å². The number of benzene rings is 1. The molecule has 1 aromatic heterocycles. The molecule has 2 heterocycles. The van der Waals surface area contributed by atoms with Crippen LogP contribution in [0.1, 0.15) is 32.9 Å². The number of hydrogen-bond donors (Lipinski definition) is 1. The Kier molecular flexibility index (Phi) is 3.20. The molecule has 1 aliphatic heterocycles. The first-order chi connectivity index (χ1) is 9.99. The molecule has 3 rings (SSSR count). The number of carbonyl (C=O) groups is 1. The Balaban J connectivity index is 1.93. The highest BCUT2D eigenvalue weighted by Crippen LogP contribution is 2.26. The third-order valence-corrected chi connectivity index (χ3v) is 4.32. The third-order valence-electron chi connectivity index (χ3n) is 4.32. The van der Waals surface area contributed by atoms with Gasteiger partial charge in [0.1, 0.15) is 0 Å². The molecule has 0 atom stereocenters. The van der Waals surface area contributed by atoms with Gasteiger partial charge in [0.25, 0.3) is 5.91 Å². The van der Waals surface area contributed by atoms with Gasteiger partial charge in [0.15, 0.2) is 0 Å². The van der Waals surface area contributed by atoms with E-state index in [0.717, 1.165) is 41.2 Å². The lowest BCUT2D eigenvalue weighted by atomic mass is 9.97. The van der Waals surface area contributed by atoms with Crippen LogP contribution in [0.4, 0.5) is 5.69 Å². The molecule has 110 valence electrons. The summed E-state index contributed by atoms with van der Waals surface area (Å²) in [5.74, 6) is 0.0482. The summed E-state index contributed by atoms with van der Waals surface area (Å²) in [4.78, 5) is 14.7. The van der Waals surface area contributed by atoms with E-state index in [2.05, 4.69) is 11.2 Å². The summed E-state index contributed by atoms with van der Waals surface area (Å²) in [6.07, 6.45) is 0.852. The molecular weight excluding hydrogens is 264 g/mol. The van der Waals surface area contributed by atoms with E-state index in [9.17, 15) is 4.79 Å². The number of nitrogens with two attached hydrogens (primary N) is 1. The van der Waals surface area contributed by atoms with Gasteiger partial charge < -0.3 is 10.6 Å². The number of aryl methyl sites for hydroxylation is 2. The number of amides is 1. The molecule has 1 aliphatic rings. The van der Waals surface area contributed by atoms with Crippen LogP contribution in [0.3, 0.4) is 0 Å². The minimum Gasteiger partial charge on any atom is -0.398 e. The van der Waals surface area contributed by atoms with Gasteiger partial charge in [-0.15, -0.1) is 0 Å². The van der Waals surface area contributed by atoms with Crippen LogP contribution >= 0.6 is 0 Å². The van der Waals surface area contributed by atoms with Crippen LogP contribution in [0, 0.1) is 13.8 Å². The number of fused-ring (bicyclic) bond motifs is 1. The van der Waals surface area contributed by atoms with Crippen molar-refractivity contribution in [2.24, 2.45) is 7.05 Å². The first-order valence-corrected chi connectivity index (χ1v) is 7.14. The Hall–Kier alpha value is -2.30. The van der Waals surface area contributed by atoms with E-state index in [0.29, 0.717) is 6.54 Å². The molecule has 2 N–H and O–H groups in total. The highest BCUT2D eigenvalue weighted by atomic mass is 16.2. The second kappa shape index (κ2) is 4.91. The fraction of sp³-hybridized carbons (Fsp3) is 0.375. The van der Waals surface area contributed by atoms with E-state index in [1.807, 2.05) is 37.9 Å². The van der Waals surface area contributed by atoms with E-state index >= 15 is 0 Å². The maximum Gasteiger partial charge on any atom is 0.257 e. The second-order valence-electron chi connectivity index (χ2n) is 5.63. The number of carbonyl (C=O) groups excluding carboxylic acids is 1. The molecule has 2 aromatic rings. The number of aromatic nitrogens is 2. The molecule has 0 radical (unpaired) electrons. The Morgan fingerprint density at radius 1 is 1.33 bits per heavy atom. The van der Waals surface area contributed by atoms with Crippen LogP contribution in [-0.2, 0) is 20.0 Å². The van der Waals surface area contributed by atoms with Crippen LogP contribution in [-0.4, -0.2) is 27.1 Å². The van der Waals surface area contributed by atoms with Crippen molar-refractivity contribution in [2.45, 2.75) is 26.8 Å². The van der Waals surface area contributed by atoms with Gasteiger partial charge >= 0.3 is 0 Å². The van der Waals surface area contributed by atoms with Gasteiger partial charge in [0.05, 0.1) is 11.3 Å². The van der Waals surface area contributed by atoms with E-state index in [1.165, 1.54) is 5.56 Å². The van der Waals surface area contributed by atoms with Gasteiger partial charge in [-0.2, -0.15) is 5.10 Å². The summed E-state index contributed by atoms with van der Waals surface area (Å²) >= 11 is 0. The molecule has 0 bridgehead atoms. The Morgan fingerprint density at radius 3 is 2.76 bits per heavy atom. The predicted octanol–water partition coefficient (Wildman–Crippen LogP) is 1.82. The van der Waals surface area contributed by atoms with Crippen molar-refractivity contribution in [3.63, 3.8) is 0 Å². The molecule has 0 spiro atoms. The lowest BCUT2D eigenvalue weighted by molar-refractivity contribution is 0.0733. The Morgan fingerprint density at radius 2 is 2.10 bits per heavy atom. The van der Waals surface area contributed by atoms with Gasteiger partial charge in [-0.1, -0.05) is 12.1 Å². The topological polar surface area (TPSA) is 64.2 Å². The van der Waals surface area contributed by atoms with Crippen LogP contribution in [0.5, 0.6) is 0 Å². The summed E-state index contributed by atoms with van der Waals surface area (Å²) in [5, 5.41) is 4.33. The van der Waals surface area contributed by atoms with Crippen molar-refractivity contribution in [3.05, 3.63) is 46.3 Å². The van der Waals surface area contributed by atoms with Crippen LogP contribution in [0.15, 0.2) is 18.2 Å². The highest BCUT2D eigenvalue weighted by molar-refractivity contribution is 5.96. The SMILES string of the molecule is Cc1nn(C)c(C)c1C(=O)N1CCc2cccc(N)c2C1. The van der Waals surface area contributed by atoms with E-state index in [1.54, 1.807) is 4.68 Å².